The van der Waals surface area contributed by atoms with Gasteiger partial charge in [0.1, 0.15) is 0 Å². The Labute approximate surface area is 302 Å². The molecule has 3 aromatic heterocycles. The van der Waals surface area contributed by atoms with Crippen LogP contribution in [0.25, 0.3) is 44.5 Å². The molecule has 52 heavy (non-hydrogen) atoms. The van der Waals surface area contributed by atoms with E-state index in [9.17, 15) is 0 Å². The first-order valence-electron chi connectivity index (χ1n) is 18.1. The molecular formula is C45H36N6O. The number of aromatic nitrogens is 4. The van der Waals surface area contributed by atoms with Crippen LogP contribution in [0, 0.1) is 5.92 Å². The minimum absolute atomic E-state index is 0.181. The monoisotopic (exact) mass is 676 g/mol. The van der Waals surface area contributed by atoms with Crippen LogP contribution >= 0.6 is 0 Å². The molecule has 3 atom stereocenters. The molecule has 6 aromatic rings. The fraction of sp³-hybridized carbons (Fsp3) is 0.156. The zero-order valence-corrected chi connectivity index (χ0v) is 28.6. The molecule has 7 heteroatoms. The number of nitrogens with zero attached hydrogens (tertiary/aromatic N) is 5. The molecule has 0 saturated heterocycles. The molecule has 4 aliphatic rings. The lowest BCUT2D eigenvalue weighted by atomic mass is 9.86. The van der Waals surface area contributed by atoms with Gasteiger partial charge in [-0.25, -0.2) is 9.97 Å². The van der Waals surface area contributed by atoms with Crippen molar-refractivity contribution in [3.05, 3.63) is 163 Å². The number of ether oxygens (including phenoxy) is 1. The largest absolute Gasteiger partial charge is 0.464 e. The van der Waals surface area contributed by atoms with Gasteiger partial charge < -0.3 is 14.6 Å². The van der Waals surface area contributed by atoms with Crippen molar-refractivity contribution in [2.75, 3.05) is 5.32 Å². The first-order valence-corrected chi connectivity index (χ1v) is 18.1. The summed E-state index contributed by atoms with van der Waals surface area (Å²) in [7, 11) is 0. The van der Waals surface area contributed by atoms with Crippen LogP contribution in [0.4, 0.5) is 5.69 Å². The number of fused-ring (bicyclic) bond motifs is 5. The second-order valence-electron chi connectivity index (χ2n) is 13.8. The lowest BCUT2D eigenvalue weighted by Crippen LogP contribution is -2.10. The molecule has 2 aliphatic heterocycles. The van der Waals surface area contributed by atoms with Crippen LogP contribution in [-0.2, 0) is 0 Å². The van der Waals surface area contributed by atoms with Gasteiger partial charge >= 0.3 is 0 Å². The fourth-order valence-corrected chi connectivity index (χ4v) is 7.96. The molecule has 1 N–H and O–H groups in total. The van der Waals surface area contributed by atoms with Gasteiger partial charge in [-0.05, 0) is 79.3 Å². The van der Waals surface area contributed by atoms with Crippen molar-refractivity contribution in [2.24, 2.45) is 10.9 Å². The van der Waals surface area contributed by atoms with E-state index in [0.717, 1.165) is 76.4 Å². The van der Waals surface area contributed by atoms with Gasteiger partial charge in [-0.15, -0.1) is 0 Å². The van der Waals surface area contributed by atoms with Crippen molar-refractivity contribution in [1.82, 2.24) is 19.5 Å². The van der Waals surface area contributed by atoms with Gasteiger partial charge in [-0.2, -0.15) is 0 Å². The van der Waals surface area contributed by atoms with E-state index >= 15 is 0 Å². The normalized spacial score (nSPS) is 20.6. The van der Waals surface area contributed by atoms with Gasteiger partial charge in [-0.3, -0.25) is 9.98 Å². The fourth-order valence-electron chi connectivity index (χ4n) is 7.96. The van der Waals surface area contributed by atoms with E-state index in [4.69, 9.17) is 14.7 Å². The second-order valence-corrected chi connectivity index (χ2v) is 13.8. The van der Waals surface area contributed by atoms with Gasteiger partial charge in [0.05, 0.1) is 33.5 Å². The lowest BCUT2D eigenvalue weighted by Gasteiger charge is -2.22. The zero-order valence-electron chi connectivity index (χ0n) is 28.6. The number of pyridine rings is 1. The number of hydrogen-bond donors (Lipinski definition) is 1. The number of nitrogens with one attached hydrogen (secondary N) is 1. The molecule has 252 valence electrons. The van der Waals surface area contributed by atoms with Crippen LogP contribution in [0.5, 0.6) is 5.75 Å². The molecular weight excluding hydrogens is 641 g/mol. The maximum atomic E-state index is 6.65. The molecule has 0 radical (unpaired) electrons. The van der Waals surface area contributed by atoms with Crippen molar-refractivity contribution < 1.29 is 4.74 Å². The van der Waals surface area contributed by atoms with Crippen LogP contribution in [0.3, 0.4) is 0 Å². The standard InChI is InChI=1S/C45H36N6O/c1-2-6-34(7-3-1)45-50-37-18-19-41-42(43(37)52-45)36-8-4-5-9-40(36)51(41)35-16-14-32(15-17-35)39-28-38(48-44(49-39)33-22-26-47-27-23-33)31-12-10-29(11-13-31)30-20-24-46-25-21-30/h1-12,14,16,18-20,22-28,30-31,45,50H,13,15,17,21H2. The number of rotatable bonds is 6. The minimum atomic E-state index is -0.218. The maximum Gasteiger partial charge on any atom is 0.196 e. The highest BCUT2D eigenvalue weighted by atomic mass is 16.5. The molecule has 0 fully saturated rings. The van der Waals surface area contributed by atoms with E-state index in [0.29, 0.717) is 5.92 Å². The van der Waals surface area contributed by atoms with E-state index in [1.807, 2.05) is 30.6 Å². The summed E-state index contributed by atoms with van der Waals surface area (Å²) in [6, 6.07) is 29.6. The Morgan fingerprint density at radius 1 is 0.788 bits per heavy atom. The Bertz CT molecular complexity index is 2540. The quantitative estimate of drug-likeness (QED) is 0.190. The molecule has 0 bridgehead atoms. The van der Waals surface area contributed by atoms with Gasteiger partial charge in [0.2, 0.25) is 0 Å². The lowest BCUT2D eigenvalue weighted by molar-refractivity contribution is 0.263. The van der Waals surface area contributed by atoms with E-state index in [1.165, 1.54) is 27.7 Å². The molecule has 0 amide bonds. The Balaban J connectivity index is 1.01. The summed E-state index contributed by atoms with van der Waals surface area (Å²) in [4.78, 5) is 18.7. The molecule has 10 rings (SSSR count). The van der Waals surface area contributed by atoms with Crippen LogP contribution in [0.2, 0.25) is 0 Å². The summed E-state index contributed by atoms with van der Waals surface area (Å²) >= 11 is 0. The molecule has 7 nitrogen and oxygen atoms in total. The highest BCUT2D eigenvalue weighted by molar-refractivity contribution is 6.15. The van der Waals surface area contributed by atoms with E-state index in [-0.39, 0.29) is 12.1 Å². The molecule has 2 aliphatic carbocycles. The third-order valence-corrected chi connectivity index (χ3v) is 10.6. The first-order chi connectivity index (χ1) is 25.8. The number of allylic oxidation sites excluding steroid dienone is 9. The zero-order chi connectivity index (χ0) is 34.4. The smallest absolute Gasteiger partial charge is 0.196 e. The molecule has 3 aromatic carbocycles. The van der Waals surface area contributed by atoms with Crippen LogP contribution in [0.1, 0.15) is 54.8 Å². The Morgan fingerprint density at radius 2 is 1.67 bits per heavy atom. The summed E-state index contributed by atoms with van der Waals surface area (Å²) in [6.07, 6.45) is 24.6. The number of aliphatic imine (C=N–C) groups is 1. The molecule has 3 unspecified atom stereocenters. The minimum Gasteiger partial charge on any atom is -0.464 e. The summed E-state index contributed by atoms with van der Waals surface area (Å²) < 4.78 is 9.06. The maximum absolute atomic E-state index is 6.65. The highest BCUT2D eigenvalue weighted by Crippen LogP contribution is 2.48. The number of hydrogen-bond acceptors (Lipinski definition) is 6. The summed E-state index contributed by atoms with van der Waals surface area (Å²) in [5.74, 6) is 2.22. The Hall–Kier alpha value is -6.34. The van der Waals surface area contributed by atoms with Crippen molar-refractivity contribution in [1.29, 1.82) is 0 Å². The third kappa shape index (κ3) is 5.37. The van der Waals surface area contributed by atoms with Gasteiger partial charge in [0.15, 0.2) is 17.8 Å². The number of para-hydroxylation sites is 1. The van der Waals surface area contributed by atoms with Gasteiger partial charge in [0.25, 0.3) is 0 Å². The highest BCUT2D eigenvalue weighted by Gasteiger charge is 2.29. The van der Waals surface area contributed by atoms with Crippen LogP contribution < -0.4 is 10.1 Å². The average molecular weight is 677 g/mol. The van der Waals surface area contributed by atoms with Crippen molar-refractivity contribution in [3.63, 3.8) is 0 Å². The van der Waals surface area contributed by atoms with Crippen molar-refractivity contribution >= 4 is 45.0 Å². The van der Waals surface area contributed by atoms with E-state index in [1.54, 1.807) is 12.4 Å². The predicted molar refractivity (Wildman–Crippen MR) is 210 cm³/mol. The third-order valence-electron chi connectivity index (χ3n) is 10.6. The summed E-state index contributed by atoms with van der Waals surface area (Å²) in [5.41, 5.74) is 11.3. The first kappa shape index (κ1) is 30.5. The van der Waals surface area contributed by atoms with Crippen LogP contribution in [-0.4, -0.2) is 25.7 Å². The summed E-state index contributed by atoms with van der Waals surface area (Å²) in [5, 5.41) is 5.93. The Morgan fingerprint density at radius 3 is 2.48 bits per heavy atom. The Kier molecular flexibility index (Phi) is 7.48. The average Bonchev–Trinajstić information content (AvgIpc) is 3.82. The van der Waals surface area contributed by atoms with Gasteiger partial charge in [0, 0.05) is 58.9 Å². The second kappa shape index (κ2) is 12.8. The predicted octanol–water partition coefficient (Wildman–Crippen LogP) is 10.4. The van der Waals surface area contributed by atoms with Crippen molar-refractivity contribution in [3.8, 4) is 17.1 Å². The number of anilines is 1. The summed E-state index contributed by atoms with van der Waals surface area (Å²) in [6.45, 7) is 0. The molecule has 5 heterocycles. The van der Waals surface area contributed by atoms with E-state index in [2.05, 4.69) is 123 Å². The van der Waals surface area contributed by atoms with Crippen LogP contribution in [0.15, 0.2) is 151 Å². The van der Waals surface area contributed by atoms with Gasteiger partial charge in [-0.1, -0.05) is 78.9 Å². The van der Waals surface area contributed by atoms with Crippen molar-refractivity contribution in [2.45, 2.75) is 37.8 Å². The topological polar surface area (TPSA) is 77.2 Å². The number of benzene rings is 3. The molecule has 0 saturated carbocycles. The SMILES string of the molecule is C1=CC(C2=CCC(c3cc(C4=CC=C(n5c6ccccc6c6c7c(ccc65)NC(c5ccccc5)O7)CC4)nc(-c4ccncc4)n3)C=C2)CC=N1. The van der Waals surface area contributed by atoms with E-state index < -0.39 is 0 Å². The molecule has 0 spiro atoms.